The van der Waals surface area contributed by atoms with Crippen LogP contribution in [0, 0.1) is 0 Å². The number of carbonyl (C=O) groups excluding carboxylic acids is 2. The van der Waals surface area contributed by atoms with Crippen LogP contribution in [0.1, 0.15) is 12.8 Å². The van der Waals surface area contributed by atoms with E-state index in [1.165, 1.54) is 7.11 Å². The molecule has 3 N–H and O–H groups in total. The van der Waals surface area contributed by atoms with Crippen LogP contribution in [0.5, 0.6) is 0 Å². The second-order valence-corrected chi connectivity index (χ2v) is 5.52. The predicted octanol–water partition coefficient (Wildman–Crippen LogP) is -0.377. The highest BCUT2D eigenvalue weighted by atomic mass is 16.6. The van der Waals surface area contributed by atoms with Crippen molar-refractivity contribution >= 4 is 12.1 Å². The Labute approximate surface area is 159 Å². The number of rotatable bonds is 17. The van der Waals surface area contributed by atoms with Gasteiger partial charge in [0.15, 0.2) is 0 Å². The number of esters is 1. The summed E-state index contributed by atoms with van der Waals surface area (Å²) in [6.07, 6.45) is 0.295. The molecule has 0 bridgehead atoms. The van der Waals surface area contributed by atoms with E-state index < -0.39 is 24.3 Å². The van der Waals surface area contributed by atoms with Crippen molar-refractivity contribution in [2.45, 2.75) is 25.0 Å². The third-order valence-electron chi connectivity index (χ3n) is 3.01. The summed E-state index contributed by atoms with van der Waals surface area (Å²) < 4.78 is 24.7. The number of unbranched alkanes of at least 4 members (excludes halogenated alkanes) is 1. The van der Waals surface area contributed by atoms with Crippen LogP contribution in [-0.4, -0.2) is 94.4 Å². The van der Waals surface area contributed by atoms with Crippen LogP contribution in [0.3, 0.4) is 0 Å². The molecular weight excluding hydrogens is 362 g/mol. The molecule has 0 saturated carbocycles. The molecule has 0 aliphatic carbocycles. The van der Waals surface area contributed by atoms with Crippen LogP contribution in [0.4, 0.5) is 4.79 Å². The Kier molecular flexibility index (Phi) is 16.6. The van der Waals surface area contributed by atoms with Crippen LogP contribution >= 0.6 is 0 Å². The number of methoxy groups -OCH3 is 1. The Morgan fingerprint density at radius 3 is 2.30 bits per heavy atom. The molecule has 2 unspecified atom stereocenters. The van der Waals surface area contributed by atoms with Crippen molar-refractivity contribution in [3.63, 3.8) is 0 Å². The SMILES string of the molecule is C=CC(=O)OCC(O)COCCOC(=O)NCCCCOCC(O)COC. The molecule has 0 aromatic carbocycles. The van der Waals surface area contributed by atoms with Crippen molar-refractivity contribution in [1.29, 1.82) is 0 Å². The van der Waals surface area contributed by atoms with Crippen LogP contribution in [0.15, 0.2) is 12.7 Å². The Morgan fingerprint density at radius 1 is 0.963 bits per heavy atom. The lowest BCUT2D eigenvalue weighted by Gasteiger charge is -2.12. The minimum absolute atomic E-state index is 0.0332. The molecule has 0 aromatic heterocycles. The van der Waals surface area contributed by atoms with Gasteiger partial charge in [0.25, 0.3) is 0 Å². The van der Waals surface area contributed by atoms with E-state index in [0.29, 0.717) is 19.6 Å². The number of hydrogen-bond donors (Lipinski definition) is 3. The molecule has 1 amide bonds. The number of nitrogens with one attached hydrogen (secondary N) is 1. The molecule has 0 radical (unpaired) electrons. The number of aliphatic hydroxyl groups excluding tert-OH is 2. The van der Waals surface area contributed by atoms with Gasteiger partial charge in [0.1, 0.15) is 25.4 Å². The topological polar surface area (TPSA) is 133 Å². The average molecular weight is 393 g/mol. The maximum atomic E-state index is 11.4. The highest BCUT2D eigenvalue weighted by Gasteiger charge is 2.07. The van der Waals surface area contributed by atoms with Gasteiger partial charge >= 0.3 is 12.1 Å². The third-order valence-corrected chi connectivity index (χ3v) is 3.01. The summed E-state index contributed by atoms with van der Waals surface area (Å²) in [5.74, 6) is -0.621. The van der Waals surface area contributed by atoms with Crippen molar-refractivity contribution in [1.82, 2.24) is 5.32 Å². The Morgan fingerprint density at radius 2 is 1.63 bits per heavy atom. The highest BCUT2D eigenvalue weighted by molar-refractivity contribution is 5.81. The van der Waals surface area contributed by atoms with Gasteiger partial charge in [-0.1, -0.05) is 6.58 Å². The number of hydrogen-bond acceptors (Lipinski definition) is 9. The summed E-state index contributed by atoms with van der Waals surface area (Å²) in [4.78, 5) is 22.2. The number of amides is 1. The first kappa shape index (κ1) is 25.3. The Balaban J connectivity index is 3.39. The molecule has 10 heteroatoms. The maximum Gasteiger partial charge on any atom is 0.407 e. The van der Waals surface area contributed by atoms with Gasteiger partial charge in [0.2, 0.25) is 0 Å². The summed E-state index contributed by atoms with van der Waals surface area (Å²) in [5, 5.41) is 21.4. The maximum absolute atomic E-state index is 11.4. The fourth-order valence-electron chi connectivity index (χ4n) is 1.73. The molecule has 0 aliphatic heterocycles. The second-order valence-electron chi connectivity index (χ2n) is 5.52. The van der Waals surface area contributed by atoms with E-state index in [1.54, 1.807) is 0 Å². The summed E-state index contributed by atoms with van der Waals surface area (Å²) in [5.41, 5.74) is 0. The zero-order chi connectivity index (χ0) is 20.3. The summed E-state index contributed by atoms with van der Waals surface area (Å²) in [7, 11) is 1.51. The number of alkyl carbamates (subject to hydrolysis) is 1. The van der Waals surface area contributed by atoms with Crippen molar-refractivity contribution in [2.24, 2.45) is 0 Å². The second kappa shape index (κ2) is 17.7. The average Bonchev–Trinajstić information content (AvgIpc) is 2.65. The molecule has 0 aromatic rings. The van der Waals surface area contributed by atoms with E-state index in [0.717, 1.165) is 12.5 Å². The molecule has 158 valence electrons. The van der Waals surface area contributed by atoms with Gasteiger partial charge < -0.3 is 39.2 Å². The Bertz CT molecular complexity index is 406. The number of carbonyl (C=O) groups is 2. The first-order valence-electron chi connectivity index (χ1n) is 8.70. The zero-order valence-electron chi connectivity index (χ0n) is 15.8. The van der Waals surface area contributed by atoms with Crippen molar-refractivity contribution < 1.29 is 43.5 Å². The van der Waals surface area contributed by atoms with E-state index in [-0.39, 0.29) is 39.6 Å². The lowest BCUT2D eigenvalue weighted by Crippen LogP contribution is -2.28. The minimum atomic E-state index is -0.958. The monoisotopic (exact) mass is 393 g/mol. The molecule has 0 rings (SSSR count). The summed E-state index contributed by atoms with van der Waals surface area (Å²) >= 11 is 0. The van der Waals surface area contributed by atoms with Crippen LogP contribution < -0.4 is 5.32 Å². The van der Waals surface area contributed by atoms with Gasteiger partial charge in [-0.15, -0.1) is 0 Å². The predicted molar refractivity (Wildman–Crippen MR) is 95.3 cm³/mol. The van der Waals surface area contributed by atoms with Gasteiger partial charge in [0.05, 0.1) is 26.4 Å². The normalized spacial score (nSPS) is 12.9. The van der Waals surface area contributed by atoms with Crippen LogP contribution in [0.25, 0.3) is 0 Å². The summed E-state index contributed by atoms with van der Waals surface area (Å²) in [6, 6.07) is 0. The van der Waals surface area contributed by atoms with Gasteiger partial charge in [0, 0.05) is 26.3 Å². The largest absolute Gasteiger partial charge is 0.460 e. The fourth-order valence-corrected chi connectivity index (χ4v) is 1.73. The summed E-state index contributed by atoms with van der Waals surface area (Å²) in [6.45, 7) is 4.51. The molecule has 27 heavy (non-hydrogen) atoms. The van der Waals surface area contributed by atoms with Crippen LogP contribution in [-0.2, 0) is 28.5 Å². The van der Waals surface area contributed by atoms with E-state index in [9.17, 15) is 19.8 Å². The first-order chi connectivity index (χ1) is 13.0. The van der Waals surface area contributed by atoms with E-state index in [2.05, 4.69) is 16.6 Å². The zero-order valence-corrected chi connectivity index (χ0v) is 15.8. The molecular formula is C17H31NO9. The molecule has 0 aliphatic rings. The highest BCUT2D eigenvalue weighted by Crippen LogP contribution is 1.93. The molecule has 10 nitrogen and oxygen atoms in total. The molecule has 0 heterocycles. The lowest BCUT2D eigenvalue weighted by molar-refractivity contribution is -0.141. The molecule has 2 atom stereocenters. The van der Waals surface area contributed by atoms with Gasteiger partial charge in [-0.25, -0.2) is 9.59 Å². The van der Waals surface area contributed by atoms with Crippen molar-refractivity contribution in [3.05, 3.63) is 12.7 Å². The van der Waals surface area contributed by atoms with Crippen LogP contribution in [0.2, 0.25) is 0 Å². The smallest absolute Gasteiger partial charge is 0.407 e. The van der Waals surface area contributed by atoms with E-state index in [4.69, 9.17) is 18.9 Å². The van der Waals surface area contributed by atoms with E-state index >= 15 is 0 Å². The first-order valence-corrected chi connectivity index (χ1v) is 8.70. The van der Waals surface area contributed by atoms with Gasteiger partial charge in [-0.2, -0.15) is 0 Å². The number of ether oxygens (including phenoxy) is 5. The van der Waals surface area contributed by atoms with E-state index in [1.807, 2.05) is 0 Å². The molecule has 0 saturated heterocycles. The van der Waals surface area contributed by atoms with Crippen molar-refractivity contribution in [3.8, 4) is 0 Å². The third kappa shape index (κ3) is 17.5. The Hall–Kier alpha value is -1.72. The molecule has 0 fully saturated rings. The molecule has 0 spiro atoms. The minimum Gasteiger partial charge on any atom is -0.460 e. The van der Waals surface area contributed by atoms with Crippen molar-refractivity contribution in [2.75, 3.05) is 59.9 Å². The van der Waals surface area contributed by atoms with Gasteiger partial charge in [-0.3, -0.25) is 0 Å². The lowest BCUT2D eigenvalue weighted by atomic mass is 10.3. The van der Waals surface area contributed by atoms with Gasteiger partial charge in [-0.05, 0) is 12.8 Å². The standard InChI is InChI=1S/C17H31NO9/c1-3-16(21)27-13-15(20)12-25-8-9-26-17(22)18-6-4-5-7-24-11-14(19)10-23-2/h3,14-15,19-20H,1,4-13H2,2H3,(H,18,22). The fraction of sp³-hybridized carbons (Fsp3) is 0.765. The number of aliphatic hydroxyl groups is 2. The quantitative estimate of drug-likeness (QED) is 0.172.